The maximum absolute atomic E-state index is 12.0. The number of carbonyl (C=O) groups is 1. The molecule has 0 radical (unpaired) electrons. The highest BCUT2D eigenvalue weighted by Gasteiger charge is 2.24. The molecule has 3 rings (SSSR count). The van der Waals surface area contributed by atoms with Crippen molar-refractivity contribution in [3.8, 4) is 5.75 Å². The molecule has 1 amide bonds. The van der Waals surface area contributed by atoms with E-state index >= 15 is 0 Å². The zero-order valence-electron chi connectivity index (χ0n) is 12.8. The van der Waals surface area contributed by atoms with E-state index in [9.17, 15) is 4.79 Å². The van der Waals surface area contributed by atoms with Gasteiger partial charge >= 0.3 is 0 Å². The molecule has 6 heteroatoms. The molecular weight excluding hydrogens is 312 g/mol. The summed E-state index contributed by atoms with van der Waals surface area (Å²) in [5, 5.41) is 3.30. The summed E-state index contributed by atoms with van der Waals surface area (Å²) in [6, 6.07) is 11.1. The standard InChI is InChI=1S/C17H16N2O3S/c1-3-21-13-8-5-12(6-9-13)18-17-19-16(20)15(23-17)10-14-7-4-11(2)22-14/h4-10H,3H2,1-2H3,(H,18,19,20). The third-order valence-corrected chi connectivity index (χ3v) is 3.97. The van der Waals surface area contributed by atoms with Crippen molar-refractivity contribution in [2.24, 2.45) is 4.99 Å². The molecule has 23 heavy (non-hydrogen) atoms. The SMILES string of the molecule is CCOc1ccc(N=C2NC(=O)C(=Cc3ccc(C)o3)S2)cc1. The summed E-state index contributed by atoms with van der Waals surface area (Å²) in [5.41, 5.74) is 0.756. The maximum Gasteiger partial charge on any atom is 0.264 e. The predicted molar refractivity (Wildman–Crippen MR) is 91.9 cm³/mol. The molecule has 1 N–H and O–H groups in total. The fraction of sp³-hybridized carbons (Fsp3) is 0.176. The van der Waals surface area contributed by atoms with Crippen molar-refractivity contribution in [2.45, 2.75) is 13.8 Å². The van der Waals surface area contributed by atoms with Gasteiger partial charge in [-0.3, -0.25) is 4.79 Å². The molecule has 0 saturated carbocycles. The first-order valence-electron chi connectivity index (χ1n) is 7.23. The Labute approximate surface area is 138 Å². The van der Waals surface area contributed by atoms with Gasteiger partial charge in [0.1, 0.15) is 17.3 Å². The summed E-state index contributed by atoms with van der Waals surface area (Å²) in [6.07, 6.45) is 1.72. The molecule has 1 aromatic heterocycles. The van der Waals surface area contributed by atoms with E-state index in [1.807, 2.05) is 50.2 Å². The monoisotopic (exact) mass is 328 g/mol. The van der Waals surface area contributed by atoms with E-state index in [0.717, 1.165) is 17.2 Å². The van der Waals surface area contributed by atoms with Crippen molar-refractivity contribution >= 4 is 34.6 Å². The molecule has 1 aliphatic heterocycles. The van der Waals surface area contributed by atoms with Crippen LogP contribution in [0.2, 0.25) is 0 Å². The largest absolute Gasteiger partial charge is 0.494 e. The van der Waals surface area contributed by atoms with Crippen molar-refractivity contribution < 1.29 is 13.9 Å². The highest BCUT2D eigenvalue weighted by molar-refractivity contribution is 8.18. The summed E-state index contributed by atoms with van der Waals surface area (Å²) < 4.78 is 10.9. The van der Waals surface area contributed by atoms with Crippen LogP contribution in [0.25, 0.3) is 6.08 Å². The summed E-state index contributed by atoms with van der Waals surface area (Å²) in [5.74, 6) is 2.09. The minimum absolute atomic E-state index is 0.172. The van der Waals surface area contributed by atoms with Crippen molar-refractivity contribution in [3.63, 3.8) is 0 Å². The Balaban J connectivity index is 1.75. The van der Waals surface area contributed by atoms with Crippen molar-refractivity contribution in [1.82, 2.24) is 5.32 Å². The van der Waals surface area contributed by atoms with Gasteiger partial charge < -0.3 is 14.5 Å². The summed E-state index contributed by atoms with van der Waals surface area (Å²) in [4.78, 5) is 17.0. The minimum atomic E-state index is -0.172. The summed E-state index contributed by atoms with van der Waals surface area (Å²) in [7, 11) is 0. The Morgan fingerprint density at radius 3 is 2.70 bits per heavy atom. The molecule has 1 aliphatic rings. The van der Waals surface area contributed by atoms with Crippen LogP contribution in [0.3, 0.4) is 0 Å². The van der Waals surface area contributed by atoms with Gasteiger partial charge in [-0.1, -0.05) is 0 Å². The van der Waals surface area contributed by atoms with Gasteiger partial charge in [0.15, 0.2) is 5.17 Å². The Bertz CT molecular complexity index is 775. The lowest BCUT2D eigenvalue weighted by Crippen LogP contribution is -2.19. The quantitative estimate of drug-likeness (QED) is 0.865. The number of rotatable bonds is 4. The highest BCUT2D eigenvalue weighted by atomic mass is 32.2. The highest BCUT2D eigenvalue weighted by Crippen LogP contribution is 2.28. The minimum Gasteiger partial charge on any atom is -0.494 e. The van der Waals surface area contributed by atoms with Crippen LogP contribution >= 0.6 is 11.8 Å². The van der Waals surface area contributed by atoms with E-state index in [-0.39, 0.29) is 5.91 Å². The van der Waals surface area contributed by atoms with Crippen molar-refractivity contribution in [3.05, 3.63) is 52.8 Å². The number of aryl methyl sites for hydroxylation is 1. The number of ether oxygens (including phenoxy) is 1. The second-order valence-electron chi connectivity index (χ2n) is 4.86. The van der Waals surface area contributed by atoms with Crippen LogP contribution in [0.5, 0.6) is 5.75 Å². The average molecular weight is 328 g/mol. The average Bonchev–Trinajstić information content (AvgIpc) is 3.08. The number of benzene rings is 1. The summed E-state index contributed by atoms with van der Waals surface area (Å²) in [6.45, 7) is 4.43. The molecule has 5 nitrogen and oxygen atoms in total. The van der Waals surface area contributed by atoms with Gasteiger partial charge in [-0.15, -0.1) is 0 Å². The van der Waals surface area contributed by atoms with E-state index in [1.165, 1.54) is 11.8 Å². The van der Waals surface area contributed by atoms with Crippen molar-refractivity contribution in [1.29, 1.82) is 0 Å². The Morgan fingerprint density at radius 1 is 1.26 bits per heavy atom. The maximum atomic E-state index is 12.0. The van der Waals surface area contributed by atoms with Gasteiger partial charge in [0, 0.05) is 6.08 Å². The first-order chi connectivity index (χ1) is 11.1. The first-order valence-corrected chi connectivity index (χ1v) is 8.04. The smallest absolute Gasteiger partial charge is 0.264 e. The van der Waals surface area contributed by atoms with Crippen molar-refractivity contribution in [2.75, 3.05) is 6.61 Å². The van der Waals surface area contributed by atoms with E-state index in [2.05, 4.69) is 10.3 Å². The second kappa shape index (κ2) is 6.75. The van der Waals surface area contributed by atoms with E-state index < -0.39 is 0 Å². The molecule has 0 spiro atoms. The number of nitrogens with zero attached hydrogens (tertiary/aromatic N) is 1. The first kappa shape index (κ1) is 15.4. The van der Waals surface area contributed by atoms with Crippen LogP contribution in [-0.2, 0) is 4.79 Å². The molecule has 0 unspecified atom stereocenters. The van der Waals surface area contributed by atoms with Gasteiger partial charge in [-0.25, -0.2) is 4.99 Å². The molecule has 1 aromatic carbocycles. The molecule has 0 atom stereocenters. The number of amides is 1. The number of hydrogen-bond donors (Lipinski definition) is 1. The Morgan fingerprint density at radius 2 is 2.04 bits per heavy atom. The van der Waals surface area contributed by atoms with Crippen LogP contribution in [0.15, 0.2) is 50.7 Å². The van der Waals surface area contributed by atoms with Gasteiger partial charge in [-0.2, -0.15) is 0 Å². The number of aliphatic imine (C=N–C) groups is 1. The predicted octanol–water partition coefficient (Wildman–Crippen LogP) is 3.88. The third kappa shape index (κ3) is 3.84. The topological polar surface area (TPSA) is 63.8 Å². The molecule has 118 valence electrons. The van der Waals surface area contributed by atoms with Gasteiger partial charge in [0.05, 0.1) is 17.2 Å². The Hall–Kier alpha value is -2.47. The van der Waals surface area contributed by atoms with Gasteiger partial charge in [0.2, 0.25) is 0 Å². The number of thioether (sulfide) groups is 1. The molecule has 0 bridgehead atoms. The molecule has 2 aromatic rings. The number of hydrogen-bond acceptors (Lipinski definition) is 5. The van der Waals surface area contributed by atoms with E-state index in [0.29, 0.717) is 22.4 Å². The lowest BCUT2D eigenvalue weighted by Gasteiger charge is -2.02. The molecule has 2 heterocycles. The Kier molecular flexibility index (Phi) is 4.52. The molecule has 0 aliphatic carbocycles. The zero-order chi connectivity index (χ0) is 16.2. The fourth-order valence-corrected chi connectivity index (χ4v) is 2.86. The van der Waals surface area contributed by atoms with Gasteiger partial charge in [0.25, 0.3) is 5.91 Å². The lowest BCUT2D eigenvalue weighted by atomic mass is 10.3. The van der Waals surface area contributed by atoms with Gasteiger partial charge in [-0.05, 0) is 62.0 Å². The van der Waals surface area contributed by atoms with E-state index in [1.54, 1.807) is 6.08 Å². The molecular formula is C17H16N2O3S. The third-order valence-electron chi connectivity index (χ3n) is 3.06. The fourth-order valence-electron chi connectivity index (χ4n) is 2.04. The van der Waals surface area contributed by atoms with Crippen LogP contribution in [-0.4, -0.2) is 17.7 Å². The number of furan rings is 1. The number of nitrogens with one attached hydrogen (secondary N) is 1. The number of amidine groups is 1. The van der Waals surface area contributed by atoms with Crippen LogP contribution < -0.4 is 10.1 Å². The zero-order valence-corrected chi connectivity index (χ0v) is 13.6. The van der Waals surface area contributed by atoms with Crippen LogP contribution in [0.1, 0.15) is 18.4 Å². The number of carbonyl (C=O) groups excluding carboxylic acids is 1. The molecule has 1 saturated heterocycles. The lowest BCUT2D eigenvalue weighted by molar-refractivity contribution is -0.115. The normalized spacial score (nSPS) is 17.7. The second-order valence-corrected chi connectivity index (χ2v) is 5.89. The van der Waals surface area contributed by atoms with Crippen LogP contribution in [0.4, 0.5) is 5.69 Å². The van der Waals surface area contributed by atoms with Crippen LogP contribution in [0, 0.1) is 6.92 Å². The molecule has 1 fully saturated rings. The summed E-state index contributed by atoms with van der Waals surface area (Å²) >= 11 is 1.29. The van der Waals surface area contributed by atoms with E-state index in [4.69, 9.17) is 9.15 Å².